The summed E-state index contributed by atoms with van der Waals surface area (Å²) in [6, 6.07) is 2.09. The number of carboxylic acid groups (broad SMARTS) is 1. The summed E-state index contributed by atoms with van der Waals surface area (Å²) >= 11 is 0. The van der Waals surface area contributed by atoms with Crippen LogP contribution in [0, 0.1) is 13.8 Å². The SMILES string of the molecule is CC[C@H](CO)NS(=O)(=O)c1cc(C(=O)O)c(C)cc1C. The van der Waals surface area contributed by atoms with Crippen LogP contribution in [0.15, 0.2) is 17.0 Å². The fourth-order valence-electron chi connectivity index (χ4n) is 1.88. The minimum absolute atomic E-state index is 0.0481. The van der Waals surface area contributed by atoms with E-state index >= 15 is 0 Å². The molecule has 0 amide bonds. The molecule has 7 heteroatoms. The fourth-order valence-corrected chi connectivity index (χ4v) is 3.45. The van der Waals surface area contributed by atoms with Crippen LogP contribution in [0.5, 0.6) is 0 Å². The van der Waals surface area contributed by atoms with Crippen molar-refractivity contribution >= 4 is 16.0 Å². The van der Waals surface area contributed by atoms with Crippen molar-refractivity contribution in [2.45, 2.75) is 38.1 Å². The van der Waals surface area contributed by atoms with E-state index in [9.17, 15) is 13.2 Å². The monoisotopic (exact) mass is 301 g/mol. The highest BCUT2D eigenvalue weighted by atomic mass is 32.2. The number of aliphatic hydroxyl groups is 1. The van der Waals surface area contributed by atoms with Crippen molar-refractivity contribution in [1.82, 2.24) is 4.72 Å². The Morgan fingerprint density at radius 1 is 1.30 bits per heavy atom. The standard InChI is InChI=1S/C13H19NO5S/c1-4-10(7-15)14-20(18,19)12-6-11(13(16)17)8(2)5-9(12)3/h5-6,10,14-15H,4,7H2,1-3H3,(H,16,17)/t10-/m1/s1. The third-order valence-electron chi connectivity index (χ3n) is 3.08. The highest BCUT2D eigenvalue weighted by Crippen LogP contribution is 2.21. The van der Waals surface area contributed by atoms with E-state index < -0.39 is 22.0 Å². The lowest BCUT2D eigenvalue weighted by Gasteiger charge is -2.16. The molecule has 20 heavy (non-hydrogen) atoms. The van der Waals surface area contributed by atoms with E-state index in [1.54, 1.807) is 20.8 Å². The molecular formula is C13H19NO5S. The number of aromatic carboxylic acids is 1. The predicted octanol–water partition coefficient (Wildman–Crippen LogP) is 1.05. The van der Waals surface area contributed by atoms with Crippen LogP contribution in [0.4, 0.5) is 0 Å². The van der Waals surface area contributed by atoms with Crippen LogP contribution >= 0.6 is 0 Å². The largest absolute Gasteiger partial charge is 0.478 e. The Morgan fingerprint density at radius 3 is 2.35 bits per heavy atom. The number of rotatable bonds is 6. The molecular weight excluding hydrogens is 282 g/mol. The van der Waals surface area contributed by atoms with Gasteiger partial charge < -0.3 is 10.2 Å². The van der Waals surface area contributed by atoms with Gasteiger partial charge in [0.2, 0.25) is 10.0 Å². The Hall–Kier alpha value is -1.44. The lowest BCUT2D eigenvalue weighted by atomic mass is 10.1. The molecule has 0 aromatic heterocycles. The summed E-state index contributed by atoms with van der Waals surface area (Å²) in [6.07, 6.45) is 0.437. The first-order chi connectivity index (χ1) is 9.22. The van der Waals surface area contributed by atoms with Crippen molar-refractivity contribution in [2.75, 3.05) is 6.61 Å². The van der Waals surface area contributed by atoms with Crippen molar-refractivity contribution in [3.63, 3.8) is 0 Å². The van der Waals surface area contributed by atoms with Gasteiger partial charge in [-0.3, -0.25) is 0 Å². The van der Waals surface area contributed by atoms with Crippen LogP contribution < -0.4 is 4.72 Å². The number of sulfonamides is 1. The van der Waals surface area contributed by atoms with Crippen LogP contribution in [0.1, 0.15) is 34.8 Å². The molecule has 1 atom stereocenters. The third kappa shape index (κ3) is 3.56. The second-order valence-electron chi connectivity index (χ2n) is 4.65. The summed E-state index contributed by atoms with van der Waals surface area (Å²) in [5.74, 6) is -1.17. The maximum atomic E-state index is 12.3. The number of carbonyl (C=O) groups is 1. The zero-order chi connectivity index (χ0) is 15.5. The van der Waals surface area contributed by atoms with Crippen LogP contribution in [0.3, 0.4) is 0 Å². The summed E-state index contributed by atoms with van der Waals surface area (Å²) in [5.41, 5.74) is 0.920. The molecule has 112 valence electrons. The molecule has 0 bridgehead atoms. The van der Waals surface area contributed by atoms with E-state index in [0.29, 0.717) is 17.5 Å². The first-order valence-corrected chi connectivity index (χ1v) is 7.69. The normalized spacial score (nSPS) is 13.2. The number of hydrogen-bond acceptors (Lipinski definition) is 4. The first kappa shape index (κ1) is 16.6. The summed E-state index contributed by atoms with van der Waals surface area (Å²) in [4.78, 5) is 11.0. The molecule has 0 aliphatic heterocycles. The van der Waals surface area contributed by atoms with E-state index in [-0.39, 0.29) is 17.1 Å². The van der Waals surface area contributed by atoms with Gasteiger partial charge in [0, 0.05) is 6.04 Å². The molecule has 0 saturated carbocycles. The highest BCUT2D eigenvalue weighted by molar-refractivity contribution is 7.89. The molecule has 0 aliphatic carbocycles. The van der Waals surface area contributed by atoms with Crippen molar-refractivity contribution in [2.24, 2.45) is 0 Å². The fraction of sp³-hybridized carbons (Fsp3) is 0.462. The number of benzene rings is 1. The molecule has 1 aromatic rings. The molecule has 0 heterocycles. The second kappa shape index (κ2) is 6.34. The lowest BCUT2D eigenvalue weighted by molar-refractivity contribution is 0.0696. The van der Waals surface area contributed by atoms with Gasteiger partial charge in [-0.25, -0.2) is 17.9 Å². The third-order valence-corrected chi connectivity index (χ3v) is 4.74. The summed E-state index contributed by atoms with van der Waals surface area (Å²) in [6.45, 7) is 4.65. The molecule has 0 aliphatic rings. The number of hydrogen-bond donors (Lipinski definition) is 3. The topological polar surface area (TPSA) is 104 Å². The predicted molar refractivity (Wildman–Crippen MR) is 74.4 cm³/mol. The minimum atomic E-state index is -3.86. The summed E-state index contributed by atoms with van der Waals surface area (Å²) in [5, 5.41) is 18.1. The van der Waals surface area contributed by atoms with Crippen LogP contribution in [-0.4, -0.2) is 37.2 Å². The molecule has 1 rings (SSSR count). The van der Waals surface area contributed by atoms with E-state index in [1.165, 1.54) is 6.07 Å². The van der Waals surface area contributed by atoms with Gasteiger partial charge >= 0.3 is 5.97 Å². The van der Waals surface area contributed by atoms with Crippen molar-refractivity contribution in [3.05, 3.63) is 28.8 Å². The molecule has 0 spiro atoms. The zero-order valence-corrected chi connectivity index (χ0v) is 12.5. The zero-order valence-electron chi connectivity index (χ0n) is 11.7. The second-order valence-corrected chi connectivity index (χ2v) is 6.33. The molecule has 0 saturated heterocycles. The maximum Gasteiger partial charge on any atom is 0.335 e. The number of nitrogens with one attached hydrogen (secondary N) is 1. The van der Waals surface area contributed by atoms with Crippen molar-refractivity contribution in [3.8, 4) is 0 Å². The van der Waals surface area contributed by atoms with Gasteiger partial charge in [0.1, 0.15) is 0 Å². The average Bonchev–Trinajstić information content (AvgIpc) is 2.35. The average molecular weight is 301 g/mol. The van der Waals surface area contributed by atoms with Gasteiger partial charge in [-0.2, -0.15) is 0 Å². The van der Waals surface area contributed by atoms with Crippen molar-refractivity contribution < 1.29 is 23.4 Å². The minimum Gasteiger partial charge on any atom is -0.478 e. The van der Waals surface area contributed by atoms with Crippen molar-refractivity contribution in [1.29, 1.82) is 0 Å². The lowest BCUT2D eigenvalue weighted by Crippen LogP contribution is -2.37. The van der Waals surface area contributed by atoms with Gasteiger partial charge in [0.25, 0.3) is 0 Å². The Kier molecular flexibility index (Phi) is 5.27. The van der Waals surface area contributed by atoms with E-state index in [1.807, 2.05) is 0 Å². The van der Waals surface area contributed by atoms with Gasteiger partial charge in [-0.1, -0.05) is 13.0 Å². The van der Waals surface area contributed by atoms with E-state index in [0.717, 1.165) is 6.07 Å². The Balaban J connectivity index is 3.31. The van der Waals surface area contributed by atoms with Crippen LogP contribution in [0.25, 0.3) is 0 Å². The highest BCUT2D eigenvalue weighted by Gasteiger charge is 2.23. The Labute approximate surface area is 118 Å². The number of aliphatic hydroxyl groups excluding tert-OH is 1. The van der Waals surface area contributed by atoms with Gasteiger partial charge in [-0.05, 0) is 37.5 Å². The van der Waals surface area contributed by atoms with Crippen LogP contribution in [0.2, 0.25) is 0 Å². The van der Waals surface area contributed by atoms with Crippen LogP contribution in [-0.2, 0) is 10.0 Å². The number of carboxylic acids is 1. The van der Waals surface area contributed by atoms with E-state index in [4.69, 9.17) is 10.2 Å². The van der Waals surface area contributed by atoms with Gasteiger partial charge in [0.15, 0.2) is 0 Å². The summed E-state index contributed by atoms with van der Waals surface area (Å²) < 4.78 is 26.9. The molecule has 0 radical (unpaired) electrons. The first-order valence-electron chi connectivity index (χ1n) is 6.20. The Morgan fingerprint density at radius 2 is 1.90 bits per heavy atom. The molecule has 0 unspecified atom stereocenters. The molecule has 1 aromatic carbocycles. The molecule has 6 nitrogen and oxygen atoms in total. The molecule has 3 N–H and O–H groups in total. The smallest absolute Gasteiger partial charge is 0.335 e. The maximum absolute atomic E-state index is 12.3. The Bertz CT molecular complexity index is 605. The number of aryl methyl sites for hydroxylation is 2. The van der Waals surface area contributed by atoms with Gasteiger partial charge in [-0.15, -0.1) is 0 Å². The van der Waals surface area contributed by atoms with E-state index in [2.05, 4.69) is 4.72 Å². The molecule has 0 fully saturated rings. The summed E-state index contributed by atoms with van der Waals surface area (Å²) in [7, 11) is -3.86. The quantitative estimate of drug-likeness (QED) is 0.728. The van der Waals surface area contributed by atoms with Gasteiger partial charge in [0.05, 0.1) is 17.1 Å².